The van der Waals surface area contributed by atoms with Crippen LogP contribution >= 0.6 is 11.8 Å². The summed E-state index contributed by atoms with van der Waals surface area (Å²) in [5.41, 5.74) is 5.48. The Morgan fingerprint density at radius 1 is 1.58 bits per heavy atom. The molecule has 0 aromatic heterocycles. The van der Waals surface area contributed by atoms with E-state index >= 15 is 0 Å². The first-order valence-electron chi connectivity index (χ1n) is 4.26. The van der Waals surface area contributed by atoms with E-state index in [1.165, 1.54) is 0 Å². The number of aliphatic hydroxyl groups is 1. The van der Waals surface area contributed by atoms with Gasteiger partial charge in [0.2, 0.25) is 0 Å². The molecule has 4 heteroatoms. The zero-order valence-corrected chi connectivity index (χ0v) is 8.48. The Bertz CT molecular complexity index is 93.1. The van der Waals surface area contributed by atoms with Crippen molar-refractivity contribution in [1.29, 1.82) is 0 Å². The first-order chi connectivity index (χ1) is 5.85. The summed E-state index contributed by atoms with van der Waals surface area (Å²) in [4.78, 5) is 0. The van der Waals surface area contributed by atoms with Gasteiger partial charge < -0.3 is 15.6 Å². The van der Waals surface area contributed by atoms with Gasteiger partial charge in [0, 0.05) is 6.54 Å². The van der Waals surface area contributed by atoms with Crippen LogP contribution in [0.4, 0.5) is 0 Å². The first-order valence-corrected chi connectivity index (χ1v) is 5.66. The Hall–Kier alpha value is 0.230. The van der Waals surface area contributed by atoms with Gasteiger partial charge in [-0.05, 0) is 24.9 Å². The highest BCUT2D eigenvalue weighted by Crippen LogP contribution is 2.04. The Kier molecular flexibility index (Phi) is 9.50. The Labute approximate surface area is 78.7 Å². The molecule has 0 heterocycles. The summed E-state index contributed by atoms with van der Waals surface area (Å²) in [6, 6.07) is 0. The minimum atomic E-state index is 0.0824. The van der Waals surface area contributed by atoms with E-state index < -0.39 is 0 Å². The van der Waals surface area contributed by atoms with Crippen molar-refractivity contribution in [3.05, 3.63) is 0 Å². The molecule has 0 radical (unpaired) electrons. The van der Waals surface area contributed by atoms with Crippen LogP contribution in [0.1, 0.15) is 12.8 Å². The largest absolute Gasteiger partial charge is 0.394 e. The third-order valence-electron chi connectivity index (χ3n) is 1.58. The maximum absolute atomic E-state index is 8.51. The minimum Gasteiger partial charge on any atom is -0.394 e. The number of thioether (sulfide) groups is 1. The molecule has 0 aliphatic rings. The number of ether oxygens (including phenoxy) is 1. The third kappa shape index (κ3) is 6.91. The molecular weight excluding hydrogens is 174 g/mol. The molecule has 0 aromatic carbocycles. The lowest BCUT2D eigenvalue weighted by atomic mass is 10.2. The average Bonchev–Trinajstić information content (AvgIpc) is 2.11. The van der Waals surface area contributed by atoms with Crippen LogP contribution in [0.15, 0.2) is 0 Å². The number of hydrogen-bond acceptors (Lipinski definition) is 4. The molecule has 0 aliphatic heterocycles. The van der Waals surface area contributed by atoms with E-state index in [2.05, 4.69) is 6.26 Å². The van der Waals surface area contributed by atoms with Crippen LogP contribution in [0.3, 0.4) is 0 Å². The van der Waals surface area contributed by atoms with Crippen molar-refractivity contribution in [2.45, 2.75) is 18.9 Å². The maximum atomic E-state index is 8.51. The number of nitrogens with two attached hydrogens (primary N) is 1. The second-order valence-corrected chi connectivity index (χ2v) is 3.57. The van der Waals surface area contributed by atoms with E-state index in [0.29, 0.717) is 13.2 Å². The van der Waals surface area contributed by atoms with Crippen molar-refractivity contribution in [2.75, 3.05) is 31.8 Å². The first kappa shape index (κ1) is 12.2. The highest BCUT2D eigenvalue weighted by Gasteiger charge is 2.05. The van der Waals surface area contributed by atoms with Gasteiger partial charge in [-0.15, -0.1) is 0 Å². The van der Waals surface area contributed by atoms with Crippen molar-refractivity contribution in [3.63, 3.8) is 0 Å². The monoisotopic (exact) mass is 193 g/mol. The maximum Gasteiger partial charge on any atom is 0.0702 e. The van der Waals surface area contributed by atoms with E-state index in [4.69, 9.17) is 15.6 Å². The second kappa shape index (κ2) is 9.32. The van der Waals surface area contributed by atoms with Gasteiger partial charge in [-0.2, -0.15) is 11.8 Å². The van der Waals surface area contributed by atoms with Crippen LogP contribution < -0.4 is 5.73 Å². The Morgan fingerprint density at radius 3 is 2.83 bits per heavy atom. The average molecular weight is 193 g/mol. The van der Waals surface area contributed by atoms with E-state index in [9.17, 15) is 0 Å². The molecule has 12 heavy (non-hydrogen) atoms. The predicted molar refractivity (Wildman–Crippen MR) is 53.5 cm³/mol. The highest BCUT2D eigenvalue weighted by atomic mass is 32.2. The molecule has 0 aromatic rings. The molecule has 0 saturated carbocycles. The van der Waals surface area contributed by atoms with E-state index in [1.54, 1.807) is 0 Å². The molecule has 1 atom stereocenters. The van der Waals surface area contributed by atoms with Crippen LogP contribution in [0.25, 0.3) is 0 Å². The fourth-order valence-electron chi connectivity index (χ4n) is 0.944. The molecule has 0 spiro atoms. The summed E-state index contributed by atoms with van der Waals surface area (Å²) in [7, 11) is 0. The molecule has 1 unspecified atom stereocenters. The van der Waals surface area contributed by atoms with Gasteiger partial charge in [-0.25, -0.2) is 0 Å². The zero-order chi connectivity index (χ0) is 9.23. The Morgan fingerprint density at radius 2 is 2.33 bits per heavy atom. The fraction of sp³-hybridized carbons (Fsp3) is 1.00. The van der Waals surface area contributed by atoms with Crippen LogP contribution in [0.5, 0.6) is 0 Å². The standard InChI is InChI=1S/C8H19NO2S/c1-12-6-2-3-8(7-9)11-5-4-10/h8,10H,2-7,9H2,1H3. The quantitative estimate of drug-likeness (QED) is 0.550. The number of aliphatic hydroxyl groups excluding tert-OH is 1. The van der Waals surface area contributed by atoms with Gasteiger partial charge >= 0.3 is 0 Å². The molecule has 0 rings (SSSR count). The molecule has 74 valence electrons. The van der Waals surface area contributed by atoms with Gasteiger partial charge in [-0.1, -0.05) is 0 Å². The molecule has 0 fully saturated rings. The number of rotatable bonds is 8. The second-order valence-electron chi connectivity index (χ2n) is 2.59. The lowest BCUT2D eigenvalue weighted by Crippen LogP contribution is -2.25. The van der Waals surface area contributed by atoms with Gasteiger partial charge in [0.1, 0.15) is 0 Å². The van der Waals surface area contributed by atoms with Crippen molar-refractivity contribution < 1.29 is 9.84 Å². The molecule has 0 aliphatic carbocycles. The number of hydrogen-bond donors (Lipinski definition) is 2. The SMILES string of the molecule is CSCCCC(CN)OCCO. The summed E-state index contributed by atoms with van der Waals surface area (Å²) in [6.07, 6.45) is 4.35. The predicted octanol–water partition coefficient (Wildman–Crippen LogP) is 0.466. The lowest BCUT2D eigenvalue weighted by molar-refractivity contribution is 0.0290. The van der Waals surface area contributed by atoms with Crippen molar-refractivity contribution >= 4 is 11.8 Å². The molecule has 0 amide bonds. The summed E-state index contributed by atoms with van der Waals surface area (Å²) < 4.78 is 5.30. The van der Waals surface area contributed by atoms with Gasteiger partial charge in [0.15, 0.2) is 0 Å². The van der Waals surface area contributed by atoms with Gasteiger partial charge in [-0.3, -0.25) is 0 Å². The molecule has 3 N–H and O–H groups in total. The van der Waals surface area contributed by atoms with Crippen LogP contribution in [0.2, 0.25) is 0 Å². The lowest BCUT2D eigenvalue weighted by Gasteiger charge is -2.14. The van der Waals surface area contributed by atoms with E-state index in [0.717, 1.165) is 18.6 Å². The van der Waals surface area contributed by atoms with Crippen molar-refractivity contribution in [1.82, 2.24) is 0 Å². The topological polar surface area (TPSA) is 55.5 Å². The van der Waals surface area contributed by atoms with Crippen LogP contribution in [0, 0.1) is 0 Å². The zero-order valence-electron chi connectivity index (χ0n) is 7.66. The van der Waals surface area contributed by atoms with Crippen molar-refractivity contribution in [3.8, 4) is 0 Å². The third-order valence-corrected chi connectivity index (χ3v) is 2.28. The summed E-state index contributed by atoms with van der Waals surface area (Å²) >= 11 is 1.83. The molecule has 3 nitrogen and oxygen atoms in total. The smallest absolute Gasteiger partial charge is 0.0702 e. The van der Waals surface area contributed by atoms with Gasteiger partial charge in [0.25, 0.3) is 0 Å². The van der Waals surface area contributed by atoms with Crippen LogP contribution in [-0.4, -0.2) is 43.0 Å². The molecule has 0 saturated heterocycles. The van der Waals surface area contributed by atoms with E-state index in [-0.39, 0.29) is 12.7 Å². The van der Waals surface area contributed by atoms with E-state index in [1.807, 2.05) is 11.8 Å². The minimum absolute atomic E-state index is 0.0824. The Balaban J connectivity index is 3.26. The van der Waals surface area contributed by atoms with Crippen LogP contribution in [-0.2, 0) is 4.74 Å². The summed E-state index contributed by atoms with van der Waals surface area (Å²) in [5, 5.41) is 8.51. The van der Waals surface area contributed by atoms with Gasteiger partial charge in [0.05, 0.1) is 19.3 Å². The molecular formula is C8H19NO2S. The summed E-state index contributed by atoms with van der Waals surface area (Å²) in [5.74, 6) is 1.15. The normalized spacial score (nSPS) is 13.2. The fourth-order valence-corrected chi connectivity index (χ4v) is 1.40. The molecule has 0 bridgehead atoms. The van der Waals surface area contributed by atoms with Crippen molar-refractivity contribution in [2.24, 2.45) is 5.73 Å². The summed E-state index contributed by atoms with van der Waals surface area (Å²) in [6.45, 7) is 1.04. The highest BCUT2D eigenvalue weighted by molar-refractivity contribution is 7.98.